The minimum Gasteiger partial charge on any atom is -0.481 e. The number of fused-ring (bicyclic) bond motifs is 1. The summed E-state index contributed by atoms with van der Waals surface area (Å²) in [6, 6.07) is 5.76. The van der Waals surface area contributed by atoms with Crippen molar-refractivity contribution in [2.45, 2.75) is 13.3 Å². The monoisotopic (exact) mass is 248 g/mol. The number of hydrogen-bond acceptors (Lipinski definition) is 4. The Kier molecular flexibility index (Phi) is 3.50. The van der Waals surface area contributed by atoms with Crippen LogP contribution >= 0.6 is 0 Å². The predicted molar refractivity (Wildman–Crippen MR) is 68.7 cm³/mol. The van der Waals surface area contributed by atoms with Gasteiger partial charge >= 0.3 is 5.97 Å². The molecule has 0 saturated carbocycles. The lowest BCUT2D eigenvalue weighted by atomic mass is 10.1. The van der Waals surface area contributed by atoms with Crippen molar-refractivity contribution in [3.05, 3.63) is 24.6 Å². The van der Waals surface area contributed by atoms with Gasteiger partial charge in [0.25, 0.3) is 0 Å². The molecule has 0 aliphatic heterocycles. The lowest BCUT2D eigenvalue weighted by Gasteiger charge is -2.22. The Morgan fingerprint density at radius 3 is 3.06 bits per heavy atom. The second-order valence-corrected chi connectivity index (χ2v) is 4.59. The number of nitrogens with zero attached hydrogens (tertiary/aromatic N) is 2. The average molecular weight is 248 g/mol. The Balaban J connectivity index is 2.07. The molecule has 0 radical (unpaired) electrons. The fourth-order valence-corrected chi connectivity index (χ4v) is 2.02. The fraction of sp³-hybridized carbons (Fsp3) is 0.385. The molecule has 2 aromatic rings. The zero-order chi connectivity index (χ0) is 13.1. The van der Waals surface area contributed by atoms with Crippen LogP contribution in [0.4, 0.5) is 5.69 Å². The van der Waals surface area contributed by atoms with Crippen molar-refractivity contribution in [3.8, 4) is 0 Å². The highest BCUT2D eigenvalue weighted by Crippen LogP contribution is 2.21. The summed E-state index contributed by atoms with van der Waals surface area (Å²) < 4.78 is 5.25. The number of benzene rings is 1. The van der Waals surface area contributed by atoms with E-state index >= 15 is 0 Å². The fourth-order valence-electron chi connectivity index (χ4n) is 2.02. The molecule has 0 bridgehead atoms. The first-order valence-corrected chi connectivity index (χ1v) is 5.82. The molecule has 0 saturated heterocycles. The molecule has 1 N–H and O–H groups in total. The van der Waals surface area contributed by atoms with Gasteiger partial charge in [0.1, 0.15) is 5.52 Å². The summed E-state index contributed by atoms with van der Waals surface area (Å²) in [5, 5.41) is 8.74. The number of aliphatic carboxylic acids is 1. The van der Waals surface area contributed by atoms with Crippen LogP contribution in [0.3, 0.4) is 0 Å². The Labute approximate surface area is 105 Å². The molecule has 1 heterocycles. The molecule has 0 aliphatic carbocycles. The number of carboxylic acid groups (broad SMARTS) is 1. The number of rotatable bonds is 5. The van der Waals surface area contributed by atoms with E-state index in [1.54, 1.807) is 0 Å². The van der Waals surface area contributed by atoms with Gasteiger partial charge in [-0.2, -0.15) is 0 Å². The van der Waals surface area contributed by atoms with E-state index in [1.165, 1.54) is 6.39 Å². The third kappa shape index (κ3) is 2.80. The van der Waals surface area contributed by atoms with Gasteiger partial charge in [0.15, 0.2) is 12.0 Å². The van der Waals surface area contributed by atoms with Crippen LogP contribution < -0.4 is 4.90 Å². The zero-order valence-corrected chi connectivity index (χ0v) is 10.5. The SMILES string of the molecule is CC(CC(=O)O)CN(C)c1ccc2ncoc2c1. The minimum atomic E-state index is -0.762. The van der Waals surface area contributed by atoms with Crippen molar-refractivity contribution >= 4 is 22.8 Å². The Bertz CT molecular complexity index is 550. The number of aromatic nitrogens is 1. The van der Waals surface area contributed by atoms with E-state index < -0.39 is 5.97 Å². The van der Waals surface area contributed by atoms with Gasteiger partial charge in [0.05, 0.1) is 0 Å². The van der Waals surface area contributed by atoms with Crippen LogP contribution in [0.15, 0.2) is 29.0 Å². The van der Waals surface area contributed by atoms with Crippen LogP contribution in [-0.2, 0) is 4.79 Å². The van der Waals surface area contributed by atoms with Crippen molar-refractivity contribution in [1.29, 1.82) is 0 Å². The lowest BCUT2D eigenvalue weighted by molar-refractivity contribution is -0.137. The van der Waals surface area contributed by atoms with E-state index in [-0.39, 0.29) is 12.3 Å². The molecule has 0 spiro atoms. The molecule has 5 heteroatoms. The molecule has 1 atom stereocenters. The van der Waals surface area contributed by atoms with E-state index in [4.69, 9.17) is 9.52 Å². The van der Waals surface area contributed by atoms with Crippen molar-refractivity contribution < 1.29 is 14.3 Å². The quantitative estimate of drug-likeness (QED) is 0.879. The highest BCUT2D eigenvalue weighted by Gasteiger charge is 2.11. The maximum Gasteiger partial charge on any atom is 0.303 e. The third-order valence-corrected chi connectivity index (χ3v) is 2.86. The molecule has 2 rings (SSSR count). The van der Waals surface area contributed by atoms with E-state index in [0.29, 0.717) is 6.54 Å². The van der Waals surface area contributed by atoms with Crippen LogP contribution in [-0.4, -0.2) is 29.7 Å². The molecule has 0 aliphatic rings. The first-order valence-electron chi connectivity index (χ1n) is 5.82. The maximum atomic E-state index is 10.6. The number of carbonyl (C=O) groups is 1. The number of hydrogen-bond donors (Lipinski definition) is 1. The molecular weight excluding hydrogens is 232 g/mol. The molecule has 18 heavy (non-hydrogen) atoms. The van der Waals surface area contributed by atoms with Crippen molar-refractivity contribution in [3.63, 3.8) is 0 Å². The van der Waals surface area contributed by atoms with Crippen LogP contribution in [0, 0.1) is 5.92 Å². The van der Waals surface area contributed by atoms with Crippen molar-refractivity contribution in [1.82, 2.24) is 4.98 Å². The summed E-state index contributed by atoms with van der Waals surface area (Å²) in [6.45, 7) is 2.61. The number of anilines is 1. The van der Waals surface area contributed by atoms with E-state index in [0.717, 1.165) is 16.8 Å². The van der Waals surface area contributed by atoms with Gasteiger partial charge in [0.2, 0.25) is 0 Å². The van der Waals surface area contributed by atoms with Crippen LogP contribution in [0.5, 0.6) is 0 Å². The maximum absolute atomic E-state index is 10.6. The molecule has 5 nitrogen and oxygen atoms in total. The highest BCUT2D eigenvalue weighted by atomic mass is 16.4. The van der Waals surface area contributed by atoms with Crippen LogP contribution in [0.25, 0.3) is 11.1 Å². The van der Waals surface area contributed by atoms with Crippen LogP contribution in [0.2, 0.25) is 0 Å². The summed E-state index contributed by atoms with van der Waals surface area (Å²) in [4.78, 5) is 16.7. The largest absolute Gasteiger partial charge is 0.481 e. The minimum absolute atomic E-state index is 0.0953. The summed E-state index contributed by atoms with van der Waals surface area (Å²) in [6.07, 6.45) is 1.59. The van der Waals surface area contributed by atoms with Gasteiger partial charge in [-0.1, -0.05) is 6.92 Å². The lowest BCUT2D eigenvalue weighted by Crippen LogP contribution is -2.25. The van der Waals surface area contributed by atoms with Gasteiger partial charge < -0.3 is 14.4 Å². The van der Waals surface area contributed by atoms with Gasteiger partial charge in [-0.25, -0.2) is 4.98 Å². The van der Waals surface area contributed by atoms with Gasteiger partial charge in [-0.3, -0.25) is 4.79 Å². The molecule has 0 fully saturated rings. The number of oxazole rings is 1. The van der Waals surface area contributed by atoms with Gasteiger partial charge in [-0.05, 0) is 18.1 Å². The van der Waals surface area contributed by atoms with E-state index in [9.17, 15) is 4.79 Å². The first kappa shape index (κ1) is 12.4. The predicted octanol–water partition coefficient (Wildman–Crippen LogP) is 2.37. The van der Waals surface area contributed by atoms with Crippen molar-refractivity contribution in [2.24, 2.45) is 5.92 Å². The van der Waals surface area contributed by atoms with E-state index in [1.807, 2.05) is 37.1 Å². The normalized spacial score (nSPS) is 12.6. The summed E-state index contributed by atoms with van der Waals surface area (Å²) in [5.41, 5.74) is 2.56. The second kappa shape index (κ2) is 5.08. The van der Waals surface area contributed by atoms with Crippen LogP contribution in [0.1, 0.15) is 13.3 Å². The molecule has 1 aromatic carbocycles. The van der Waals surface area contributed by atoms with Crippen molar-refractivity contribution in [2.75, 3.05) is 18.5 Å². The molecular formula is C13H16N2O3. The van der Waals surface area contributed by atoms with Gasteiger partial charge in [0, 0.05) is 31.8 Å². The standard InChI is InChI=1S/C13H16N2O3/c1-9(5-13(16)17)7-15(2)10-3-4-11-12(6-10)18-8-14-11/h3-4,6,8-9H,5,7H2,1-2H3,(H,16,17). The molecule has 96 valence electrons. The Morgan fingerprint density at radius 1 is 1.56 bits per heavy atom. The topological polar surface area (TPSA) is 66.6 Å². The second-order valence-electron chi connectivity index (χ2n) is 4.59. The molecule has 1 aromatic heterocycles. The van der Waals surface area contributed by atoms with E-state index in [2.05, 4.69) is 4.98 Å². The summed E-state index contributed by atoms with van der Waals surface area (Å²) in [5.74, 6) is -0.667. The highest BCUT2D eigenvalue weighted by molar-refractivity contribution is 5.77. The molecule has 1 unspecified atom stereocenters. The Morgan fingerprint density at radius 2 is 2.33 bits per heavy atom. The Hall–Kier alpha value is -2.04. The number of carboxylic acids is 1. The van der Waals surface area contributed by atoms with Gasteiger partial charge in [-0.15, -0.1) is 0 Å². The first-order chi connectivity index (χ1) is 8.56. The molecule has 0 amide bonds. The smallest absolute Gasteiger partial charge is 0.303 e. The zero-order valence-electron chi connectivity index (χ0n) is 10.5. The third-order valence-electron chi connectivity index (χ3n) is 2.86. The summed E-state index contributed by atoms with van der Waals surface area (Å²) in [7, 11) is 1.94. The summed E-state index contributed by atoms with van der Waals surface area (Å²) >= 11 is 0. The average Bonchev–Trinajstić information content (AvgIpc) is 2.74.